The van der Waals surface area contributed by atoms with E-state index in [4.69, 9.17) is 18.9 Å². The number of hydrogen-bond donors (Lipinski definition) is 2. The third-order valence-corrected chi connectivity index (χ3v) is 9.93. The maximum Gasteiger partial charge on any atom is 0.349 e. The SMILES string of the molecule is CCC(=O)N[C@H]1[C@H]([C@H](C)[C@@H](CNC(=O)Cc2ccc(-c3ccccc3)cc2)OC(C)=O)O[C@](Sc2ccc(C)cc2)(C(=O)OC)C[C@@H]1OC(C)=O. The van der Waals surface area contributed by atoms with Gasteiger partial charge in [0.25, 0.3) is 0 Å². The van der Waals surface area contributed by atoms with Crippen LogP contribution in [-0.4, -0.2) is 72.7 Å². The van der Waals surface area contributed by atoms with Crippen LogP contribution in [0, 0.1) is 12.8 Å². The van der Waals surface area contributed by atoms with Gasteiger partial charge in [-0.1, -0.05) is 97.9 Å². The average molecular weight is 719 g/mol. The topological polar surface area (TPSA) is 146 Å². The Morgan fingerprint density at radius 1 is 0.902 bits per heavy atom. The average Bonchev–Trinajstić information content (AvgIpc) is 3.11. The molecule has 0 unspecified atom stereocenters. The van der Waals surface area contributed by atoms with Crippen molar-refractivity contribution in [1.29, 1.82) is 0 Å². The Hall–Kier alpha value is -4.68. The summed E-state index contributed by atoms with van der Waals surface area (Å²) in [5.74, 6) is -3.34. The molecule has 1 saturated heterocycles. The number of nitrogens with one attached hydrogen (secondary N) is 2. The summed E-state index contributed by atoms with van der Waals surface area (Å²) >= 11 is 1.10. The van der Waals surface area contributed by atoms with Gasteiger partial charge in [0.15, 0.2) is 0 Å². The third-order valence-electron chi connectivity index (χ3n) is 8.67. The highest BCUT2D eigenvalue weighted by molar-refractivity contribution is 8.01. The Bertz CT molecular complexity index is 1670. The molecule has 0 saturated carbocycles. The summed E-state index contributed by atoms with van der Waals surface area (Å²) in [6.07, 6.45) is -2.98. The van der Waals surface area contributed by atoms with E-state index in [1.165, 1.54) is 21.0 Å². The number of ether oxygens (including phenoxy) is 4. The van der Waals surface area contributed by atoms with Gasteiger partial charge in [-0.3, -0.25) is 19.2 Å². The summed E-state index contributed by atoms with van der Waals surface area (Å²) in [4.78, 5) is 63.5. The van der Waals surface area contributed by atoms with Crippen molar-refractivity contribution in [2.45, 2.75) is 88.1 Å². The Morgan fingerprint density at radius 3 is 2.14 bits per heavy atom. The number of methoxy groups -OCH3 is 1. The lowest BCUT2D eigenvalue weighted by molar-refractivity contribution is -0.203. The van der Waals surface area contributed by atoms with Crippen molar-refractivity contribution in [3.63, 3.8) is 0 Å². The Labute approximate surface area is 303 Å². The number of esters is 3. The smallest absolute Gasteiger partial charge is 0.349 e. The molecule has 6 atom stereocenters. The minimum Gasteiger partial charge on any atom is -0.466 e. The predicted molar refractivity (Wildman–Crippen MR) is 192 cm³/mol. The highest BCUT2D eigenvalue weighted by Crippen LogP contribution is 2.46. The van der Waals surface area contributed by atoms with Crippen LogP contribution in [0.2, 0.25) is 0 Å². The first-order valence-electron chi connectivity index (χ1n) is 16.9. The molecule has 2 N–H and O–H groups in total. The standard InChI is InChI=1S/C39H46N2O9S/c1-7-34(44)41-36-32(48-26(4)42)22-39(38(46)47-6,51-31-19-13-24(2)14-20-31)50-37(36)25(3)33(49-27(5)43)23-40-35(45)21-28-15-17-30(18-16-28)29-11-9-8-10-12-29/h8-20,25,32-33,36-37H,7,21-23H2,1-6H3,(H,40,45)(H,41,44)/t25-,32+,33-,36-,37+,39-/m1/s1. The van der Waals surface area contributed by atoms with Crippen LogP contribution >= 0.6 is 11.8 Å². The number of carbonyl (C=O) groups is 5. The fraction of sp³-hybridized carbons (Fsp3) is 0.410. The number of aryl methyl sites for hydroxylation is 1. The van der Waals surface area contributed by atoms with Crippen LogP contribution in [-0.2, 0) is 49.3 Å². The first kappa shape index (κ1) is 39.1. The summed E-state index contributed by atoms with van der Waals surface area (Å²) in [6.45, 7) is 7.74. The lowest BCUT2D eigenvalue weighted by atomic mass is 9.84. The molecule has 1 aliphatic rings. The van der Waals surface area contributed by atoms with Crippen LogP contribution in [0.5, 0.6) is 0 Å². The molecule has 0 bridgehead atoms. The molecule has 1 heterocycles. The van der Waals surface area contributed by atoms with Crippen molar-refractivity contribution in [3.8, 4) is 11.1 Å². The molecular formula is C39H46N2O9S. The molecule has 51 heavy (non-hydrogen) atoms. The molecule has 3 aromatic carbocycles. The van der Waals surface area contributed by atoms with Gasteiger partial charge in [-0.25, -0.2) is 4.79 Å². The van der Waals surface area contributed by atoms with E-state index in [-0.39, 0.29) is 37.6 Å². The van der Waals surface area contributed by atoms with Gasteiger partial charge in [0.2, 0.25) is 16.7 Å². The summed E-state index contributed by atoms with van der Waals surface area (Å²) in [7, 11) is 1.24. The van der Waals surface area contributed by atoms with Crippen molar-refractivity contribution in [2.24, 2.45) is 5.92 Å². The van der Waals surface area contributed by atoms with E-state index in [1.807, 2.05) is 85.8 Å². The van der Waals surface area contributed by atoms with E-state index in [0.717, 1.165) is 34.0 Å². The van der Waals surface area contributed by atoms with Crippen LogP contribution in [0.4, 0.5) is 0 Å². The van der Waals surface area contributed by atoms with Crippen molar-refractivity contribution >= 4 is 41.5 Å². The molecule has 1 fully saturated rings. The van der Waals surface area contributed by atoms with Gasteiger partial charge in [-0.05, 0) is 35.7 Å². The van der Waals surface area contributed by atoms with E-state index in [9.17, 15) is 24.0 Å². The summed E-state index contributed by atoms with van der Waals surface area (Å²) < 4.78 is 23.4. The number of rotatable bonds is 14. The van der Waals surface area contributed by atoms with Gasteiger partial charge < -0.3 is 29.6 Å². The second kappa shape index (κ2) is 18.0. The van der Waals surface area contributed by atoms with Crippen LogP contribution in [0.15, 0.2) is 83.8 Å². The molecule has 0 aromatic heterocycles. The van der Waals surface area contributed by atoms with Crippen molar-refractivity contribution < 1.29 is 42.9 Å². The van der Waals surface area contributed by atoms with Gasteiger partial charge in [0, 0.05) is 37.5 Å². The van der Waals surface area contributed by atoms with E-state index < -0.39 is 53.1 Å². The second-order valence-electron chi connectivity index (χ2n) is 12.6. The number of thioether (sulfide) groups is 1. The number of hydrogen-bond acceptors (Lipinski definition) is 10. The Morgan fingerprint density at radius 2 is 1.55 bits per heavy atom. The summed E-state index contributed by atoms with van der Waals surface area (Å²) in [5.41, 5.74) is 3.89. The van der Waals surface area contributed by atoms with Gasteiger partial charge >= 0.3 is 17.9 Å². The molecule has 4 rings (SSSR count). The minimum absolute atomic E-state index is 0.0819. The summed E-state index contributed by atoms with van der Waals surface area (Å²) in [5, 5.41) is 5.78. The molecule has 3 aromatic rings. The molecule has 0 radical (unpaired) electrons. The predicted octanol–water partition coefficient (Wildman–Crippen LogP) is 5.17. The second-order valence-corrected chi connectivity index (χ2v) is 13.9. The normalized spacial score (nSPS) is 21.0. The Balaban J connectivity index is 1.62. The zero-order chi connectivity index (χ0) is 37.1. The number of carbonyl (C=O) groups excluding carboxylic acids is 5. The number of amides is 2. The quantitative estimate of drug-likeness (QED) is 0.169. The van der Waals surface area contributed by atoms with Gasteiger partial charge in [-0.15, -0.1) is 0 Å². The Kier molecular flexibility index (Phi) is 13.8. The fourth-order valence-electron chi connectivity index (χ4n) is 6.03. The molecular weight excluding hydrogens is 673 g/mol. The maximum atomic E-state index is 13.6. The van der Waals surface area contributed by atoms with E-state index >= 15 is 0 Å². The van der Waals surface area contributed by atoms with Crippen LogP contribution in [0.1, 0.15) is 51.7 Å². The van der Waals surface area contributed by atoms with Crippen molar-refractivity contribution in [2.75, 3.05) is 13.7 Å². The van der Waals surface area contributed by atoms with E-state index in [1.54, 1.807) is 13.8 Å². The molecule has 0 spiro atoms. The molecule has 11 nitrogen and oxygen atoms in total. The van der Waals surface area contributed by atoms with Crippen LogP contribution in [0.3, 0.4) is 0 Å². The van der Waals surface area contributed by atoms with Gasteiger partial charge in [0.1, 0.15) is 12.2 Å². The largest absolute Gasteiger partial charge is 0.466 e. The van der Waals surface area contributed by atoms with Crippen molar-refractivity contribution in [3.05, 3.63) is 90.0 Å². The van der Waals surface area contributed by atoms with Gasteiger partial charge in [-0.2, -0.15) is 0 Å². The zero-order valence-electron chi connectivity index (χ0n) is 29.8. The molecule has 272 valence electrons. The molecule has 1 aliphatic heterocycles. The minimum atomic E-state index is -1.72. The third kappa shape index (κ3) is 10.7. The lowest BCUT2D eigenvalue weighted by Crippen LogP contribution is -2.66. The first-order valence-corrected chi connectivity index (χ1v) is 17.7. The molecule has 12 heteroatoms. The van der Waals surface area contributed by atoms with Crippen LogP contribution < -0.4 is 10.6 Å². The van der Waals surface area contributed by atoms with Crippen LogP contribution in [0.25, 0.3) is 11.1 Å². The highest BCUT2D eigenvalue weighted by atomic mass is 32.2. The molecule has 2 amide bonds. The van der Waals surface area contributed by atoms with Crippen molar-refractivity contribution in [1.82, 2.24) is 10.6 Å². The lowest BCUT2D eigenvalue weighted by Gasteiger charge is -2.48. The fourth-order valence-corrected chi connectivity index (χ4v) is 7.26. The number of benzene rings is 3. The first-order chi connectivity index (χ1) is 24.3. The van der Waals surface area contributed by atoms with E-state index in [2.05, 4.69) is 10.6 Å². The molecule has 0 aliphatic carbocycles. The van der Waals surface area contributed by atoms with E-state index in [0.29, 0.717) is 4.90 Å². The monoisotopic (exact) mass is 718 g/mol. The van der Waals surface area contributed by atoms with Gasteiger partial charge in [0.05, 0.1) is 32.2 Å². The highest BCUT2D eigenvalue weighted by Gasteiger charge is 2.57. The summed E-state index contributed by atoms with van der Waals surface area (Å²) in [6, 6.07) is 24.1. The zero-order valence-corrected chi connectivity index (χ0v) is 30.6. The maximum absolute atomic E-state index is 13.6.